The molecular weight excluding hydrogens is 427 g/mol. The Bertz CT molecular complexity index is 985. The molecule has 0 radical (unpaired) electrons. The number of carbonyl (C=O) groups excluding carboxylic acids is 3. The average Bonchev–Trinajstić information content (AvgIpc) is 2.69. The van der Waals surface area contributed by atoms with Gasteiger partial charge in [-0.3, -0.25) is 9.59 Å². The molecule has 0 heterocycles. The Morgan fingerprint density at radius 3 is 2.19 bits per heavy atom. The van der Waals surface area contributed by atoms with Crippen LogP contribution < -0.4 is 16.0 Å². The van der Waals surface area contributed by atoms with E-state index in [1.807, 2.05) is 0 Å². The van der Waals surface area contributed by atoms with Gasteiger partial charge in [0.05, 0.1) is 11.1 Å². The monoisotopic (exact) mass is 451 g/mol. The lowest BCUT2D eigenvalue weighted by Crippen LogP contribution is -2.37. The van der Waals surface area contributed by atoms with Gasteiger partial charge in [-0.2, -0.15) is 13.2 Å². The topological polar surface area (TPSA) is 96.5 Å². The zero-order valence-corrected chi connectivity index (χ0v) is 17.8. The fraction of sp³-hybridized carbons (Fsp3) is 0.318. The maximum Gasteiger partial charge on any atom is 0.417 e. The van der Waals surface area contributed by atoms with Gasteiger partial charge in [0.1, 0.15) is 12.1 Å². The molecule has 0 saturated heterocycles. The van der Waals surface area contributed by atoms with Gasteiger partial charge in [0.25, 0.3) is 5.91 Å². The largest absolute Gasteiger partial charge is 0.444 e. The highest BCUT2D eigenvalue weighted by Crippen LogP contribution is 2.31. The van der Waals surface area contributed by atoms with Crippen LogP contribution in [0.25, 0.3) is 0 Å². The van der Waals surface area contributed by atoms with E-state index in [1.54, 1.807) is 45.0 Å². The first kappa shape index (κ1) is 24.7. The molecule has 0 spiro atoms. The van der Waals surface area contributed by atoms with Crippen LogP contribution in [0.2, 0.25) is 0 Å². The average molecular weight is 451 g/mol. The number of alkyl halides is 3. The molecule has 3 N–H and O–H groups in total. The van der Waals surface area contributed by atoms with E-state index in [0.29, 0.717) is 11.3 Å². The van der Waals surface area contributed by atoms with Crippen molar-refractivity contribution in [2.24, 2.45) is 0 Å². The Labute approximate surface area is 183 Å². The Morgan fingerprint density at radius 1 is 0.906 bits per heavy atom. The number of anilines is 1. The molecule has 3 amide bonds. The lowest BCUT2D eigenvalue weighted by atomic mass is 10.1. The second-order valence-corrected chi connectivity index (χ2v) is 7.79. The Kier molecular flexibility index (Phi) is 7.85. The molecule has 7 nitrogen and oxygen atoms in total. The van der Waals surface area contributed by atoms with Crippen molar-refractivity contribution in [3.05, 3.63) is 65.2 Å². The summed E-state index contributed by atoms with van der Waals surface area (Å²) in [6.07, 6.45) is -5.42. The van der Waals surface area contributed by atoms with Crippen molar-refractivity contribution in [2.75, 3.05) is 11.9 Å². The van der Waals surface area contributed by atoms with Crippen molar-refractivity contribution in [1.82, 2.24) is 10.6 Å². The van der Waals surface area contributed by atoms with E-state index in [0.717, 1.165) is 12.1 Å². The van der Waals surface area contributed by atoms with Crippen molar-refractivity contribution >= 4 is 23.6 Å². The zero-order chi connectivity index (χ0) is 23.9. The van der Waals surface area contributed by atoms with E-state index in [9.17, 15) is 27.6 Å². The second-order valence-electron chi connectivity index (χ2n) is 7.79. The third kappa shape index (κ3) is 7.60. The number of carbonyl (C=O) groups is 3. The smallest absolute Gasteiger partial charge is 0.417 e. The second kappa shape index (κ2) is 10.2. The molecule has 2 aromatic carbocycles. The van der Waals surface area contributed by atoms with E-state index in [2.05, 4.69) is 16.0 Å². The van der Waals surface area contributed by atoms with Crippen molar-refractivity contribution in [1.29, 1.82) is 0 Å². The summed E-state index contributed by atoms with van der Waals surface area (Å²) >= 11 is 0. The molecule has 0 aliphatic heterocycles. The summed E-state index contributed by atoms with van der Waals surface area (Å²) in [5.41, 5.74) is -1.44. The fourth-order valence-corrected chi connectivity index (χ4v) is 2.66. The van der Waals surface area contributed by atoms with Gasteiger partial charge in [0.2, 0.25) is 5.91 Å². The van der Waals surface area contributed by atoms with Crippen LogP contribution in [0.5, 0.6) is 0 Å². The summed E-state index contributed by atoms with van der Waals surface area (Å²) < 4.78 is 44.4. The summed E-state index contributed by atoms with van der Waals surface area (Å²) in [7, 11) is 0. The summed E-state index contributed by atoms with van der Waals surface area (Å²) in [5, 5.41) is 7.35. The van der Waals surface area contributed by atoms with Gasteiger partial charge >= 0.3 is 12.3 Å². The SMILES string of the molecule is CC(C)(C)OC(=O)NCC(=O)Nc1ccccc1CNC(=O)c1ccccc1C(F)(F)F. The molecule has 172 valence electrons. The van der Waals surface area contributed by atoms with Gasteiger partial charge in [-0.1, -0.05) is 30.3 Å². The molecule has 0 atom stereocenters. The molecule has 2 aromatic rings. The van der Waals surface area contributed by atoms with Crippen LogP contribution in [0.3, 0.4) is 0 Å². The van der Waals surface area contributed by atoms with Crippen LogP contribution in [0.15, 0.2) is 48.5 Å². The minimum Gasteiger partial charge on any atom is -0.444 e. The first-order chi connectivity index (χ1) is 14.9. The van der Waals surface area contributed by atoms with Gasteiger partial charge in [-0.15, -0.1) is 0 Å². The molecule has 32 heavy (non-hydrogen) atoms. The minimum absolute atomic E-state index is 0.124. The molecule has 0 fully saturated rings. The van der Waals surface area contributed by atoms with Crippen LogP contribution in [0, 0.1) is 0 Å². The molecular formula is C22H24F3N3O4. The Balaban J connectivity index is 2.00. The maximum absolute atomic E-state index is 13.1. The van der Waals surface area contributed by atoms with Crippen LogP contribution in [0.1, 0.15) is 42.3 Å². The van der Waals surface area contributed by atoms with Gasteiger partial charge in [0.15, 0.2) is 0 Å². The maximum atomic E-state index is 13.1. The Morgan fingerprint density at radius 2 is 1.53 bits per heavy atom. The molecule has 0 aliphatic rings. The highest BCUT2D eigenvalue weighted by molar-refractivity contribution is 5.96. The first-order valence-electron chi connectivity index (χ1n) is 9.66. The highest BCUT2D eigenvalue weighted by Gasteiger charge is 2.34. The number of halogens is 3. The molecule has 0 aliphatic carbocycles. The molecule has 2 rings (SSSR count). The van der Waals surface area contributed by atoms with Gasteiger partial charge in [-0.25, -0.2) is 4.79 Å². The zero-order valence-electron chi connectivity index (χ0n) is 17.8. The quantitative estimate of drug-likeness (QED) is 0.616. The van der Waals surface area contributed by atoms with E-state index < -0.39 is 40.8 Å². The van der Waals surface area contributed by atoms with Crippen molar-refractivity contribution < 1.29 is 32.3 Å². The van der Waals surface area contributed by atoms with Gasteiger partial charge in [0, 0.05) is 12.2 Å². The summed E-state index contributed by atoms with van der Waals surface area (Å²) in [6, 6.07) is 10.9. The van der Waals surface area contributed by atoms with Crippen molar-refractivity contribution in [3.63, 3.8) is 0 Å². The number of para-hydroxylation sites is 1. The first-order valence-corrected chi connectivity index (χ1v) is 9.66. The van der Waals surface area contributed by atoms with Gasteiger partial charge in [-0.05, 0) is 44.5 Å². The highest BCUT2D eigenvalue weighted by atomic mass is 19.4. The van der Waals surface area contributed by atoms with Crippen molar-refractivity contribution in [3.8, 4) is 0 Å². The third-order valence-corrected chi connectivity index (χ3v) is 4.00. The molecule has 0 aromatic heterocycles. The molecule has 0 saturated carbocycles. The number of hydrogen-bond donors (Lipinski definition) is 3. The van der Waals surface area contributed by atoms with Crippen LogP contribution >= 0.6 is 0 Å². The van der Waals surface area contributed by atoms with E-state index >= 15 is 0 Å². The molecule has 0 bridgehead atoms. The normalized spacial score (nSPS) is 11.4. The number of hydrogen-bond acceptors (Lipinski definition) is 4. The van der Waals surface area contributed by atoms with Crippen molar-refractivity contribution in [2.45, 2.75) is 39.1 Å². The molecule has 0 unspecified atom stereocenters. The number of nitrogens with one attached hydrogen (secondary N) is 3. The number of alkyl carbamates (subject to hydrolysis) is 1. The minimum atomic E-state index is -4.67. The lowest BCUT2D eigenvalue weighted by molar-refractivity contribution is -0.138. The predicted molar refractivity (Wildman–Crippen MR) is 112 cm³/mol. The Hall–Kier alpha value is -3.56. The number of amides is 3. The van der Waals surface area contributed by atoms with Crippen LogP contribution in [0.4, 0.5) is 23.7 Å². The third-order valence-electron chi connectivity index (χ3n) is 4.00. The van der Waals surface area contributed by atoms with E-state index in [4.69, 9.17) is 4.74 Å². The fourth-order valence-electron chi connectivity index (χ4n) is 2.66. The summed E-state index contributed by atoms with van der Waals surface area (Å²) in [4.78, 5) is 36.2. The van der Waals surface area contributed by atoms with Gasteiger partial charge < -0.3 is 20.7 Å². The van der Waals surface area contributed by atoms with E-state index in [-0.39, 0.29) is 13.1 Å². The standard InChI is InChI=1S/C22H24F3N3O4/c1-21(2,3)32-20(31)27-13-18(29)28-17-11-7-4-8-14(17)12-26-19(30)15-9-5-6-10-16(15)22(23,24)25/h4-11H,12-13H2,1-3H3,(H,26,30)(H,27,31)(H,28,29). The number of benzene rings is 2. The summed E-state index contributed by atoms with van der Waals surface area (Å²) in [6.45, 7) is 4.58. The predicted octanol–water partition coefficient (Wildman–Crippen LogP) is 4.10. The number of rotatable bonds is 6. The molecule has 10 heteroatoms. The number of ether oxygens (including phenoxy) is 1. The lowest BCUT2D eigenvalue weighted by Gasteiger charge is -2.19. The van der Waals surface area contributed by atoms with E-state index in [1.165, 1.54) is 12.1 Å². The van der Waals surface area contributed by atoms with Crippen LogP contribution in [-0.4, -0.2) is 30.1 Å². The van der Waals surface area contributed by atoms with Crippen LogP contribution in [-0.2, 0) is 22.3 Å². The summed E-state index contributed by atoms with van der Waals surface area (Å²) in [5.74, 6) is -1.44.